The lowest BCUT2D eigenvalue weighted by atomic mass is 9.92. The maximum atomic E-state index is 6.45. The monoisotopic (exact) mass is 544 g/mol. The van der Waals surface area contributed by atoms with Crippen LogP contribution in [0.4, 0.5) is 0 Å². The maximum absolute atomic E-state index is 6.45. The molecule has 0 amide bonds. The van der Waals surface area contributed by atoms with Crippen LogP contribution in [0, 0.1) is 0 Å². The van der Waals surface area contributed by atoms with Crippen LogP contribution < -0.4 is 0 Å². The Morgan fingerprint density at radius 3 is 2.10 bits per heavy atom. The van der Waals surface area contributed by atoms with Gasteiger partial charge >= 0.3 is 0 Å². The third-order valence-electron chi connectivity index (χ3n) is 8.72. The molecule has 8 rings (SSSR count). The molecule has 0 aliphatic carbocycles. The molecular formula is C39H32N2O. The van der Waals surface area contributed by atoms with Gasteiger partial charge in [0.05, 0.1) is 16.7 Å². The predicted octanol–water partition coefficient (Wildman–Crippen LogP) is 11.1. The molecule has 0 spiro atoms. The molecule has 0 saturated heterocycles. The molecule has 0 radical (unpaired) electrons. The Kier molecular flexibility index (Phi) is 5.52. The van der Waals surface area contributed by atoms with Crippen LogP contribution >= 0.6 is 0 Å². The summed E-state index contributed by atoms with van der Waals surface area (Å²) in [6.45, 7) is 9.11. The first kappa shape index (κ1) is 24.9. The van der Waals surface area contributed by atoms with Crippen LogP contribution in [0.1, 0.15) is 50.7 Å². The topological polar surface area (TPSA) is 31.0 Å². The van der Waals surface area contributed by atoms with Crippen molar-refractivity contribution in [2.75, 3.05) is 0 Å². The number of fused-ring (bicyclic) bond motifs is 7. The second-order valence-corrected chi connectivity index (χ2v) is 12.0. The van der Waals surface area contributed by atoms with Crippen molar-refractivity contribution in [2.24, 2.45) is 0 Å². The smallest absolute Gasteiger partial charge is 0.145 e. The standard InChI is InChI=1S/C39H32N2O/c1-23(2)28-12-9-13-29(24(3)4)38(28)41-35-15-8-7-14-34(35)40-39(41)27-18-19-36-32(21-27)33-20-26-17-16-25-10-5-6-11-30(25)31(26)22-37(33)42-36/h5-24H,1-4H3. The van der Waals surface area contributed by atoms with Gasteiger partial charge in [-0.05, 0) is 87.0 Å². The Morgan fingerprint density at radius 1 is 0.571 bits per heavy atom. The first-order valence-electron chi connectivity index (χ1n) is 14.9. The number of nitrogens with zero attached hydrogens (tertiary/aromatic N) is 2. The third kappa shape index (κ3) is 3.70. The molecule has 8 aromatic rings. The molecular weight excluding hydrogens is 512 g/mol. The Morgan fingerprint density at radius 2 is 1.29 bits per heavy atom. The van der Waals surface area contributed by atoms with Gasteiger partial charge in [-0.2, -0.15) is 0 Å². The first-order valence-corrected chi connectivity index (χ1v) is 14.9. The molecule has 3 nitrogen and oxygen atoms in total. The van der Waals surface area contributed by atoms with Crippen molar-refractivity contribution in [1.82, 2.24) is 9.55 Å². The molecule has 0 bridgehead atoms. The number of furan rings is 1. The number of aromatic nitrogens is 2. The van der Waals surface area contributed by atoms with E-state index in [9.17, 15) is 0 Å². The molecule has 6 aromatic carbocycles. The van der Waals surface area contributed by atoms with Crippen molar-refractivity contribution >= 4 is 54.5 Å². The molecule has 204 valence electrons. The van der Waals surface area contributed by atoms with Crippen molar-refractivity contribution in [3.8, 4) is 17.1 Å². The maximum Gasteiger partial charge on any atom is 0.145 e. The number of hydrogen-bond donors (Lipinski definition) is 0. The quantitative estimate of drug-likeness (QED) is 0.206. The summed E-state index contributed by atoms with van der Waals surface area (Å²) in [7, 11) is 0. The van der Waals surface area contributed by atoms with Crippen molar-refractivity contribution in [3.05, 3.63) is 120 Å². The van der Waals surface area contributed by atoms with Gasteiger partial charge in [0.15, 0.2) is 0 Å². The molecule has 0 saturated carbocycles. The van der Waals surface area contributed by atoms with E-state index >= 15 is 0 Å². The zero-order valence-electron chi connectivity index (χ0n) is 24.3. The van der Waals surface area contributed by atoms with Crippen molar-refractivity contribution < 1.29 is 4.42 Å². The van der Waals surface area contributed by atoms with Crippen LogP contribution in [0.2, 0.25) is 0 Å². The van der Waals surface area contributed by atoms with Gasteiger partial charge in [-0.3, -0.25) is 4.57 Å². The minimum atomic E-state index is 0.373. The van der Waals surface area contributed by atoms with E-state index in [0.29, 0.717) is 11.8 Å². The highest BCUT2D eigenvalue weighted by atomic mass is 16.3. The Bertz CT molecular complexity index is 2290. The highest BCUT2D eigenvalue weighted by Gasteiger charge is 2.22. The number of imidazole rings is 1. The van der Waals surface area contributed by atoms with E-state index < -0.39 is 0 Å². The molecule has 0 fully saturated rings. The second-order valence-electron chi connectivity index (χ2n) is 12.0. The Balaban J connectivity index is 1.41. The highest BCUT2D eigenvalue weighted by Crippen LogP contribution is 2.40. The largest absolute Gasteiger partial charge is 0.456 e. The fourth-order valence-corrected chi connectivity index (χ4v) is 6.63. The molecule has 0 unspecified atom stereocenters. The van der Waals surface area contributed by atoms with Crippen LogP contribution in [-0.4, -0.2) is 9.55 Å². The van der Waals surface area contributed by atoms with Crippen LogP contribution in [-0.2, 0) is 0 Å². The van der Waals surface area contributed by atoms with Crippen LogP contribution in [0.15, 0.2) is 114 Å². The van der Waals surface area contributed by atoms with Gasteiger partial charge < -0.3 is 4.42 Å². The van der Waals surface area contributed by atoms with Crippen molar-refractivity contribution in [3.63, 3.8) is 0 Å². The summed E-state index contributed by atoms with van der Waals surface area (Å²) in [6.07, 6.45) is 0. The Labute approximate surface area is 245 Å². The van der Waals surface area contributed by atoms with E-state index in [4.69, 9.17) is 9.40 Å². The molecule has 42 heavy (non-hydrogen) atoms. The fraction of sp³-hybridized carbons (Fsp3) is 0.154. The summed E-state index contributed by atoms with van der Waals surface area (Å²) in [5.74, 6) is 1.70. The summed E-state index contributed by atoms with van der Waals surface area (Å²) in [5.41, 5.74) is 8.91. The summed E-state index contributed by atoms with van der Waals surface area (Å²) >= 11 is 0. The van der Waals surface area contributed by atoms with E-state index in [1.54, 1.807) is 0 Å². The minimum absolute atomic E-state index is 0.373. The Hall–Kier alpha value is -4.89. The van der Waals surface area contributed by atoms with E-state index in [0.717, 1.165) is 44.4 Å². The average Bonchev–Trinajstić information content (AvgIpc) is 3.57. The normalized spacial score (nSPS) is 12.2. The van der Waals surface area contributed by atoms with E-state index in [-0.39, 0.29) is 0 Å². The average molecular weight is 545 g/mol. The molecule has 0 aliphatic heterocycles. The minimum Gasteiger partial charge on any atom is -0.456 e. The molecule has 0 atom stereocenters. The van der Waals surface area contributed by atoms with Gasteiger partial charge in [-0.25, -0.2) is 4.98 Å². The van der Waals surface area contributed by atoms with Gasteiger partial charge in [-0.1, -0.05) is 94.4 Å². The van der Waals surface area contributed by atoms with Crippen LogP contribution in [0.25, 0.3) is 71.6 Å². The van der Waals surface area contributed by atoms with Gasteiger partial charge in [-0.15, -0.1) is 0 Å². The number of para-hydroxylation sites is 3. The number of rotatable bonds is 4. The lowest BCUT2D eigenvalue weighted by Gasteiger charge is -2.22. The second kappa shape index (κ2) is 9.32. The summed E-state index contributed by atoms with van der Waals surface area (Å²) in [5, 5.41) is 7.16. The van der Waals surface area contributed by atoms with Gasteiger partial charge in [0.2, 0.25) is 0 Å². The van der Waals surface area contributed by atoms with Crippen LogP contribution in [0.3, 0.4) is 0 Å². The first-order chi connectivity index (χ1) is 20.5. The van der Waals surface area contributed by atoms with Crippen LogP contribution in [0.5, 0.6) is 0 Å². The van der Waals surface area contributed by atoms with Gasteiger partial charge in [0, 0.05) is 16.3 Å². The zero-order chi connectivity index (χ0) is 28.5. The summed E-state index contributed by atoms with van der Waals surface area (Å²) < 4.78 is 8.84. The molecule has 2 aromatic heterocycles. The lowest BCUT2D eigenvalue weighted by molar-refractivity contribution is 0.669. The molecule has 0 N–H and O–H groups in total. The van der Waals surface area contributed by atoms with Gasteiger partial charge in [0.1, 0.15) is 17.0 Å². The van der Waals surface area contributed by atoms with Crippen molar-refractivity contribution in [2.45, 2.75) is 39.5 Å². The van der Waals surface area contributed by atoms with E-state index in [1.807, 2.05) is 0 Å². The fourth-order valence-electron chi connectivity index (χ4n) is 6.63. The van der Waals surface area contributed by atoms with E-state index in [2.05, 4.69) is 141 Å². The zero-order valence-corrected chi connectivity index (χ0v) is 24.3. The molecule has 2 heterocycles. The number of benzene rings is 6. The third-order valence-corrected chi connectivity index (χ3v) is 8.72. The highest BCUT2D eigenvalue weighted by molar-refractivity contribution is 6.16. The SMILES string of the molecule is CC(C)c1cccc(C(C)C)c1-n1c(-c2ccc3oc4cc5c(ccc6ccccc65)cc4c3c2)nc2ccccc21. The molecule has 3 heteroatoms. The predicted molar refractivity (Wildman–Crippen MR) is 177 cm³/mol. The van der Waals surface area contributed by atoms with E-state index in [1.165, 1.54) is 38.4 Å². The summed E-state index contributed by atoms with van der Waals surface area (Å²) in [4.78, 5) is 5.25. The lowest BCUT2D eigenvalue weighted by Crippen LogP contribution is -2.08. The number of hydrogen-bond acceptors (Lipinski definition) is 2. The van der Waals surface area contributed by atoms with Gasteiger partial charge in [0.25, 0.3) is 0 Å². The van der Waals surface area contributed by atoms with Crippen molar-refractivity contribution in [1.29, 1.82) is 0 Å². The summed E-state index contributed by atoms with van der Waals surface area (Å²) in [6, 6.07) is 39.2. The molecule has 0 aliphatic rings.